The highest BCUT2D eigenvalue weighted by Gasteiger charge is 2.44. The van der Waals surface area contributed by atoms with Crippen LogP contribution in [0.1, 0.15) is 54.3 Å². The average molecular weight is 558 g/mol. The zero-order valence-electron chi connectivity index (χ0n) is 21.6. The van der Waals surface area contributed by atoms with Gasteiger partial charge in [0.25, 0.3) is 0 Å². The molecule has 2 amide bonds. The highest BCUT2D eigenvalue weighted by Crippen LogP contribution is 2.48. The van der Waals surface area contributed by atoms with Crippen LogP contribution in [0.2, 0.25) is 5.02 Å². The molecule has 0 spiro atoms. The van der Waals surface area contributed by atoms with Crippen LogP contribution in [0.5, 0.6) is 0 Å². The standard InChI is InChI=1S/C29H28ClN7O3/c30-19-3-1-2-17(6-19)22-9-23(22)29(40)35-26-10-25(32-15-33-26)31-11-20-13-36-12-18(16-4-5-16)7-24(28(36)34-20)37-14-21(38)8-27(37)39/h1-3,6-7,10,12-13,15-16,21-23,38H,4-5,8-9,11,14H2,(H2,31,32,33,35,40)/t21-,22?,23?/m1/s1. The summed E-state index contributed by atoms with van der Waals surface area (Å²) >= 11 is 6.10. The van der Waals surface area contributed by atoms with Gasteiger partial charge in [0.1, 0.15) is 18.0 Å². The molecule has 1 aromatic carbocycles. The molecule has 2 saturated carbocycles. The fourth-order valence-corrected chi connectivity index (χ4v) is 5.71. The van der Waals surface area contributed by atoms with E-state index in [4.69, 9.17) is 16.6 Å². The van der Waals surface area contributed by atoms with Crippen molar-refractivity contribution in [2.24, 2.45) is 5.92 Å². The zero-order chi connectivity index (χ0) is 27.4. The third kappa shape index (κ3) is 5.00. The summed E-state index contributed by atoms with van der Waals surface area (Å²) < 4.78 is 1.97. The van der Waals surface area contributed by atoms with Crippen LogP contribution in [0.15, 0.2) is 55.1 Å². The summed E-state index contributed by atoms with van der Waals surface area (Å²) in [5.74, 6) is 1.37. The summed E-state index contributed by atoms with van der Waals surface area (Å²) in [6.07, 6.45) is 7.96. The molecule has 3 aliphatic rings. The number of nitrogens with one attached hydrogen (secondary N) is 2. The molecule has 2 unspecified atom stereocenters. The Balaban J connectivity index is 1.04. The molecule has 1 saturated heterocycles. The molecule has 3 atom stereocenters. The van der Waals surface area contributed by atoms with E-state index in [0.717, 1.165) is 36.2 Å². The Hall–Kier alpha value is -4.02. The lowest BCUT2D eigenvalue weighted by Gasteiger charge is -2.18. The molecule has 3 aromatic heterocycles. The van der Waals surface area contributed by atoms with Gasteiger partial charge in [0, 0.05) is 29.4 Å². The van der Waals surface area contributed by atoms with Crippen molar-refractivity contribution in [3.8, 4) is 0 Å². The number of halogens is 1. The van der Waals surface area contributed by atoms with Crippen molar-refractivity contribution >= 4 is 46.4 Å². The Morgan fingerprint density at radius 3 is 2.73 bits per heavy atom. The molecule has 11 heteroatoms. The topological polar surface area (TPSA) is 125 Å². The summed E-state index contributed by atoms with van der Waals surface area (Å²) in [5.41, 5.74) is 4.44. The normalized spacial score (nSPS) is 22.1. The highest BCUT2D eigenvalue weighted by molar-refractivity contribution is 6.30. The first-order valence-electron chi connectivity index (χ1n) is 13.5. The number of benzene rings is 1. The number of hydrogen-bond acceptors (Lipinski definition) is 7. The van der Waals surface area contributed by atoms with Gasteiger partial charge in [0.2, 0.25) is 11.8 Å². The van der Waals surface area contributed by atoms with Crippen LogP contribution in [0.4, 0.5) is 17.3 Å². The van der Waals surface area contributed by atoms with Crippen LogP contribution < -0.4 is 15.5 Å². The number of imidazole rings is 1. The molecular formula is C29H28ClN7O3. The van der Waals surface area contributed by atoms with E-state index < -0.39 is 6.10 Å². The first kappa shape index (κ1) is 25.0. The van der Waals surface area contributed by atoms with Crippen molar-refractivity contribution in [2.75, 3.05) is 22.1 Å². The molecule has 10 nitrogen and oxygen atoms in total. The van der Waals surface area contributed by atoms with Crippen LogP contribution in [-0.4, -0.2) is 48.9 Å². The number of pyridine rings is 1. The van der Waals surface area contributed by atoms with E-state index in [2.05, 4.69) is 26.8 Å². The third-order valence-corrected chi connectivity index (χ3v) is 8.06. The van der Waals surface area contributed by atoms with E-state index in [0.29, 0.717) is 34.8 Å². The molecule has 3 fully saturated rings. The Morgan fingerprint density at radius 1 is 1.10 bits per heavy atom. The Morgan fingerprint density at radius 2 is 1.95 bits per heavy atom. The lowest BCUT2D eigenvalue weighted by Crippen LogP contribution is -2.26. The minimum atomic E-state index is -0.664. The number of rotatable bonds is 8. The van der Waals surface area contributed by atoms with E-state index in [-0.39, 0.29) is 36.6 Å². The molecule has 3 N–H and O–H groups in total. The predicted octanol–water partition coefficient (Wildman–Crippen LogP) is 4.11. The first-order chi connectivity index (χ1) is 19.4. The van der Waals surface area contributed by atoms with Crippen molar-refractivity contribution < 1.29 is 14.7 Å². The number of hydrogen-bond donors (Lipinski definition) is 3. The van der Waals surface area contributed by atoms with E-state index >= 15 is 0 Å². The summed E-state index contributed by atoms with van der Waals surface area (Å²) in [5, 5.41) is 16.9. The SMILES string of the molecule is O=C(Nc1cc(NCc2cn3cc(C4CC4)cc(N4C[C@H](O)CC4=O)c3n2)ncn1)C1CC1c1cccc(Cl)c1. The molecule has 40 heavy (non-hydrogen) atoms. The minimum absolute atomic E-state index is 0.0736. The molecule has 4 heterocycles. The van der Waals surface area contributed by atoms with Gasteiger partial charge in [-0.15, -0.1) is 0 Å². The molecule has 7 rings (SSSR count). The van der Waals surface area contributed by atoms with Gasteiger partial charge in [-0.2, -0.15) is 0 Å². The number of aliphatic hydroxyl groups is 1. The Bertz CT molecular complexity index is 1640. The van der Waals surface area contributed by atoms with E-state index in [1.807, 2.05) is 40.9 Å². The second-order valence-corrected chi connectivity index (χ2v) is 11.3. The molecule has 4 aromatic rings. The monoisotopic (exact) mass is 557 g/mol. The second kappa shape index (κ2) is 9.87. The fourth-order valence-electron chi connectivity index (χ4n) is 5.51. The lowest BCUT2D eigenvalue weighted by molar-refractivity contribution is -0.118. The summed E-state index contributed by atoms with van der Waals surface area (Å²) in [6.45, 7) is 0.666. The summed E-state index contributed by atoms with van der Waals surface area (Å²) in [4.78, 5) is 40.3. The average Bonchev–Trinajstić information content (AvgIpc) is 3.86. The molecule has 0 radical (unpaired) electrons. The maximum Gasteiger partial charge on any atom is 0.229 e. The largest absolute Gasteiger partial charge is 0.391 e. The number of nitrogens with zero attached hydrogens (tertiary/aromatic N) is 5. The van der Waals surface area contributed by atoms with E-state index in [1.54, 1.807) is 11.0 Å². The van der Waals surface area contributed by atoms with Gasteiger partial charge in [0.15, 0.2) is 5.65 Å². The van der Waals surface area contributed by atoms with Gasteiger partial charge in [0.05, 0.1) is 37.0 Å². The maximum absolute atomic E-state index is 12.8. The molecule has 2 aliphatic carbocycles. The first-order valence-corrected chi connectivity index (χ1v) is 13.9. The van der Waals surface area contributed by atoms with Crippen LogP contribution in [0.25, 0.3) is 5.65 Å². The zero-order valence-corrected chi connectivity index (χ0v) is 22.4. The van der Waals surface area contributed by atoms with Gasteiger partial charge >= 0.3 is 0 Å². The van der Waals surface area contributed by atoms with Gasteiger partial charge in [-0.25, -0.2) is 15.0 Å². The number of β-amino-alcohol motifs (C(OH)–C–C–N with tert-alkyl or cyclic N) is 1. The van der Waals surface area contributed by atoms with Crippen molar-refractivity contribution in [1.29, 1.82) is 0 Å². The highest BCUT2D eigenvalue weighted by atomic mass is 35.5. The summed E-state index contributed by atoms with van der Waals surface area (Å²) in [7, 11) is 0. The van der Waals surface area contributed by atoms with Crippen molar-refractivity contribution in [3.63, 3.8) is 0 Å². The molecular weight excluding hydrogens is 530 g/mol. The smallest absolute Gasteiger partial charge is 0.229 e. The van der Waals surface area contributed by atoms with Crippen molar-refractivity contribution in [3.05, 3.63) is 77.0 Å². The van der Waals surface area contributed by atoms with Gasteiger partial charge in [-0.3, -0.25) is 9.59 Å². The molecule has 1 aliphatic heterocycles. The molecule has 0 bridgehead atoms. The Labute approximate surface area is 235 Å². The minimum Gasteiger partial charge on any atom is -0.391 e. The van der Waals surface area contributed by atoms with E-state index in [1.165, 1.54) is 11.9 Å². The Kier molecular flexibility index (Phi) is 6.16. The van der Waals surface area contributed by atoms with Crippen molar-refractivity contribution in [1.82, 2.24) is 19.4 Å². The number of amides is 2. The van der Waals surface area contributed by atoms with Crippen molar-refractivity contribution in [2.45, 2.75) is 50.2 Å². The van der Waals surface area contributed by atoms with Crippen LogP contribution >= 0.6 is 11.6 Å². The number of aliphatic hydroxyl groups excluding tert-OH is 1. The predicted molar refractivity (Wildman–Crippen MR) is 150 cm³/mol. The number of carbonyl (C=O) groups excluding carboxylic acids is 2. The lowest BCUT2D eigenvalue weighted by atomic mass is 10.1. The second-order valence-electron chi connectivity index (χ2n) is 10.9. The van der Waals surface area contributed by atoms with E-state index in [9.17, 15) is 14.7 Å². The van der Waals surface area contributed by atoms with Gasteiger partial charge in [-0.05, 0) is 60.4 Å². The van der Waals surface area contributed by atoms with Crippen LogP contribution in [0, 0.1) is 5.92 Å². The summed E-state index contributed by atoms with van der Waals surface area (Å²) in [6, 6.07) is 11.4. The fraction of sp³-hybridized carbons (Fsp3) is 0.345. The number of carbonyl (C=O) groups is 2. The number of anilines is 3. The van der Waals surface area contributed by atoms with Gasteiger partial charge < -0.3 is 25.0 Å². The molecule has 204 valence electrons. The number of fused-ring (bicyclic) bond motifs is 1. The van der Waals surface area contributed by atoms with Gasteiger partial charge in [-0.1, -0.05) is 23.7 Å². The van der Waals surface area contributed by atoms with Crippen LogP contribution in [0.3, 0.4) is 0 Å². The number of aromatic nitrogens is 4. The maximum atomic E-state index is 12.8. The quantitative estimate of drug-likeness (QED) is 0.298. The van der Waals surface area contributed by atoms with Crippen LogP contribution in [-0.2, 0) is 16.1 Å². The third-order valence-electron chi connectivity index (χ3n) is 7.82.